The largest absolute Gasteiger partial charge is 0.416 e. The van der Waals surface area contributed by atoms with E-state index in [-0.39, 0.29) is 12.4 Å². The Hall–Kier alpha value is -0.740. The highest BCUT2D eigenvalue weighted by Crippen LogP contribution is 2.33. The van der Waals surface area contributed by atoms with E-state index < -0.39 is 11.7 Å². The second-order valence-electron chi connectivity index (χ2n) is 3.88. The molecule has 0 atom stereocenters. The molecule has 0 aliphatic carbocycles. The maximum atomic E-state index is 12.6. The van der Waals surface area contributed by atoms with Crippen molar-refractivity contribution in [2.45, 2.75) is 12.6 Å². The van der Waals surface area contributed by atoms with Gasteiger partial charge in [-0.05, 0) is 37.1 Å². The summed E-state index contributed by atoms with van der Waals surface area (Å²) in [5.74, 6) is 0.355. The van der Waals surface area contributed by atoms with Crippen molar-refractivity contribution in [1.29, 1.82) is 0 Å². The van der Waals surface area contributed by atoms with E-state index in [2.05, 4.69) is 5.32 Å². The fourth-order valence-electron chi connectivity index (χ4n) is 1.78. The van der Waals surface area contributed by atoms with Crippen LogP contribution in [0.4, 0.5) is 13.2 Å². The zero-order valence-electron chi connectivity index (χ0n) is 8.55. The Morgan fingerprint density at radius 1 is 1.19 bits per heavy atom. The van der Waals surface area contributed by atoms with Crippen LogP contribution in [0.3, 0.4) is 0 Å². The molecule has 1 aromatic rings. The second kappa shape index (κ2) is 5.06. The first kappa shape index (κ1) is 13.3. The predicted molar refractivity (Wildman–Crippen MR) is 58.8 cm³/mol. The third-order valence-electron chi connectivity index (χ3n) is 2.70. The molecule has 0 unspecified atom stereocenters. The van der Waals surface area contributed by atoms with E-state index in [1.165, 1.54) is 6.07 Å². The third-order valence-corrected chi connectivity index (χ3v) is 2.70. The van der Waals surface area contributed by atoms with Crippen molar-refractivity contribution < 1.29 is 13.2 Å². The molecule has 1 nitrogen and oxygen atoms in total. The predicted octanol–water partition coefficient (Wildman–Crippen LogP) is 2.89. The van der Waals surface area contributed by atoms with Gasteiger partial charge in [-0.3, -0.25) is 0 Å². The van der Waals surface area contributed by atoms with Crippen LogP contribution in [0.2, 0.25) is 0 Å². The average Bonchev–Trinajstić information content (AvgIpc) is 2.10. The highest BCUT2D eigenvalue weighted by Gasteiger charge is 2.33. The lowest BCUT2D eigenvalue weighted by molar-refractivity contribution is -0.138. The van der Waals surface area contributed by atoms with Gasteiger partial charge in [0, 0.05) is 0 Å². The first-order chi connectivity index (χ1) is 7.07. The molecule has 1 aromatic carbocycles. The van der Waals surface area contributed by atoms with Gasteiger partial charge in [0.25, 0.3) is 0 Å². The summed E-state index contributed by atoms with van der Waals surface area (Å²) in [4.78, 5) is 0. The van der Waals surface area contributed by atoms with Crippen LogP contribution in [0.15, 0.2) is 24.3 Å². The molecule has 2 rings (SSSR count). The summed E-state index contributed by atoms with van der Waals surface area (Å²) in [6.45, 7) is 1.65. The minimum atomic E-state index is -4.23. The van der Waals surface area contributed by atoms with Crippen molar-refractivity contribution in [3.8, 4) is 0 Å². The molecular weight excluding hydrogens is 239 g/mol. The lowest BCUT2D eigenvalue weighted by Crippen LogP contribution is -2.43. The lowest BCUT2D eigenvalue weighted by atomic mass is 9.91. The number of hydrogen-bond acceptors (Lipinski definition) is 1. The van der Waals surface area contributed by atoms with E-state index in [0.717, 1.165) is 19.2 Å². The van der Waals surface area contributed by atoms with Crippen molar-refractivity contribution in [3.05, 3.63) is 35.4 Å². The van der Waals surface area contributed by atoms with Gasteiger partial charge in [0.05, 0.1) is 5.56 Å². The molecule has 0 saturated carbocycles. The van der Waals surface area contributed by atoms with Crippen LogP contribution in [0, 0.1) is 5.92 Å². The molecule has 16 heavy (non-hydrogen) atoms. The van der Waals surface area contributed by atoms with Gasteiger partial charge in [-0.1, -0.05) is 18.2 Å². The highest BCUT2D eigenvalue weighted by molar-refractivity contribution is 5.85. The first-order valence-corrected chi connectivity index (χ1v) is 4.93. The Bertz CT molecular complexity index is 347. The van der Waals surface area contributed by atoms with Crippen LogP contribution < -0.4 is 5.32 Å². The van der Waals surface area contributed by atoms with Gasteiger partial charge in [-0.2, -0.15) is 13.2 Å². The average molecular weight is 252 g/mol. The number of hydrogen-bond donors (Lipinski definition) is 1. The molecule has 1 heterocycles. The molecule has 0 radical (unpaired) electrons. The molecule has 1 aliphatic rings. The van der Waals surface area contributed by atoms with Crippen molar-refractivity contribution in [2.75, 3.05) is 13.1 Å². The molecule has 0 spiro atoms. The third kappa shape index (κ3) is 2.89. The Balaban J connectivity index is 0.00000128. The van der Waals surface area contributed by atoms with Crippen LogP contribution in [-0.2, 0) is 12.6 Å². The molecule has 1 fully saturated rings. The van der Waals surface area contributed by atoms with Crippen LogP contribution in [0.1, 0.15) is 11.1 Å². The summed E-state index contributed by atoms with van der Waals surface area (Å²) in [5, 5.41) is 3.06. The second-order valence-corrected chi connectivity index (χ2v) is 3.88. The van der Waals surface area contributed by atoms with Crippen molar-refractivity contribution in [1.82, 2.24) is 5.32 Å². The lowest BCUT2D eigenvalue weighted by Gasteiger charge is -2.28. The fourth-order valence-corrected chi connectivity index (χ4v) is 1.78. The van der Waals surface area contributed by atoms with Gasteiger partial charge in [0.2, 0.25) is 0 Å². The molecular formula is C11H13ClF3N. The van der Waals surface area contributed by atoms with Crippen LogP contribution in [0.5, 0.6) is 0 Å². The number of benzene rings is 1. The van der Waals surface area contributed by atoms with E-state index in [9.17, 15) is 13.2 Å². The summed E-state index contributed by atoms with van der Waals surface area (Å²) >= 11 is 0. The van der Waals surface area contributed by atoms with Crippen LogP contribution in [0.25, 0.3) is 0 Å². The van der Waals surface area contributed by atoms with E-state index in [1.54, 1.807) is 12.1 Å². The normalized spacial score (nSPS) is 16.4. The smallest absolute Gasteiger partial charge is 0.316 e. The first-order valence-electron chi connectivity index (χ1n) is 4.93. The molecule has 1 aliphatic heterocycles. The molecule has 1 saturated heterocycles. The summed E-state index contributed by atoms with van der Waals surface area (Å²) in [7, 11) is 0. The van der Waals surface area contributed by atoms with Crippen molar-refractivity contribution in [3.63, 3.8) is 0 Å². The van der Waals surface area contributed by atoms with Gasteiger partial charge >= 0.3 is 6.18 Å². The monoisotopic (exact) mass is 251 g/mol. The van der Waals surface area contributed by atoms with E-state index >= 15 is 0 Å². The van der Waals surface area contributed by atoms with Gasteiger partial charge in [-0.25, -0.2) is 0 Å². The quantitative estimate of drug-likeness (QED) is 0.852. The maximum Gasteiger partial charge on any atom is 0.416 e. The Kier molecular flexibility index (Phi) is 4.21. The van der Waals surface area contributed by atoms with Gasteiger partial charge in [-0.15, -0.1) is 12.4 Å². The molecule has 0 bridgehead atoms. The summed E-state index contributed by atoms with van der Waals surface area (Å²) in [6.07, 6.45) is -3.71. The summed E-state index contributed by atoms with van der Waals surface area (Å²) in [5.41, 5.74) is -0.0756. The van der Waals surface area contributed by atoms with E-state index in [4.69, 9.17) is 0 Å². The molecule has 0 aromatic heterocycles. The fraction of sp³-hybridized carbons (Fsp3) is 0.455. The minimum Gasteiger partial charge on any atom is -0.316 e. The van der Waals surface area contributed by atoms with Crippen LogP contribution >= 0.6 is 12.4 Å². The van der Waals surface area contributed by atoms with Gasteiger partial charge in [0.1, 0.15) is 0 Å². The van der Waals surface area contributed by atoms with Gasteiger partial charge in [0.15, 0.2) is 0 Å². The standard InChI is InChI=1S/C11H12F3N.ClH/c12-11(13,14)10-4-2-1-3-9(10)5-8-6-15-7-8;/h1-4,8,15H,5-7H2;1H. The number of halogens is 4. The number of alkyl halides is 3. The zero-order chi connectivity index (χ0) is 10.9. The Morgan fingerprint density at radius 3 is 2.31 bits per heavy atom. The van der Waals surface area contributed by atoms with E-state index in [0.29, 0.717) is 17.9 Å². The van der Waals surface area contributed by atoms with Gasteiger partial charge < -0.3 is 5.32 Å². The topological polar surface area (TPSA) is 12.0 Å². The Morgan fingerprint density at radius 2 is 1.81 bits per heavy atom. The summed E-state index contributed by atoms with van der Waals surface area (Å²) < 4.78 is 37.8. The number of rotatable bonds is 2. The molecule has 5 heteroatoms. The van der Waals surface area contributed by atoms with E-state index in [1.807, 2.05) is 0 Å². The molecule has 90 valence electrons. The van der Waals surface area contributed by atoms with Crippen molar-refractivity contribution in [2.24, 2.45) is 5.92 Å². The zero-order valence-corrected chi connectivity index (χ0v) is 9.37. The SMILES string of the molecule is Cl.FC(F)(F)c1ccccc1CC1CNC1. The minimum absolute atomic E-state index is 0. The van der Waals surface area contributed by atoms with Crippen LogP contribution in [-0.4, -0.2) is 13.1 Å². The maximum absolute atomic E-state index is 12.6. The highest BCUT2D eigenvalue weighted by atomic mass is 35.5. The summed E-state index contributed by atoms with van der Waals surface area (Å²) in [6, 6.07) is 5.82. The molecule has 0 amide bonds. The number of nitrogens with one attached hydrogen (secondary N) is 1. The van der Waals surface area contributed by atoms with Crippen molar-refractivity contribution >= 4 is 12.4 Å². The molecule has 1 N–H and O–H groups in total. The Labute approximate surface area is 98.4 Å².